The monoisotopic (exact) mass is 214 g/mol. The van der Waals surface area contributed by atoms with E-state index in [0.717, 1.165) is 25.8 Å². The molecule has 0 aromatic rings. The Kier molecular flexibility index (Phi) is 5.05. The summed E-state index contributed by atoms with van der Waals surface area (Å²) in [5.74, 6) is 0.431. The summed E-state index contributed by atoms with van der Waals surface area (Å²) in [4.78, 5) is 11.6. The van der Waals surface area contributed by atoms with Crippen LogP contribution in [0.15, 0.2) is 0 Å². The van der Waals surface area contributed by atoms with Gasteiger partial charge in [0.15, 0.2) is 0 Å². The normalized spacial score (nSPS) is 24.9. The Bertz CT molecular complexity index is 201. The second-order valence-corrected chi connectivity index (χ2v) is 4.58. The van der Waals surface area contributed by atoms with Gasteiger partial charge in [-0.2, -0.15) is 0 Å². The zero-order chi connectivity index (χ0) is 11.3. The molecule has 88 valence electrons. The lowest BCUT2D eigenvalue weighted by molar-refractivity contribution is -0.123. The van der Waals surface area contributed by atoms with Gasteiger partial charge < -0.3 is 15.7 Å². The maximum atomic E-state index is 11.6. The first-order chi connectivity index (χ1) is 7.09. The Balaban J connectivity index is 2.15. The molecule has 0 radical (unpaired) electrons. The Morgan fingerprint density at radius 1 is 1.60 bits per heavy atom. The van der Waals surface area contributed by atoms with Crippen molar-refractivity contribution in [3.05, 3.63) is 0 Å². The molecule has 4 nitrogen and oxygen atoms in total. The predicted octanol–water partition coefficient (Wildman–Crippen LogP) is 0.262. The molecule has 1 rings (SSSR count). The number of carbonyl (C=O) groups excluding carboxylic acids is 1. The Morgan fingerprint density at radius 2 is 2.33 bits per heavy atom. The number of rotatable bonds is 5. The van der Waals surface area contributed by atoms with Crippen molar-refractivity contribution in [2.24, 2.45) is 5.92 Å². The third-order valence-electron chi connectivity index (χ3n) is 2.75. The topological polar surface area (TPSA) is 61.4 Å². The van der Waals surface area contributed by atoms with Gasteiger partial charge in [0.1, 0.15) is 0 Å². The minimum atomic E-state index is -0.290. The van der Waals surface area contributed by atoms with Gasteiger partial charge >= 0.3 is 0 Å². The van der Waals surface area contributed by atoms with Gasteiger partial charge in [0, 0.05) is 6.54 Å². The van der Waals surface area contributed by atoms with E-state index in [4.69, 9.17) is 0 Å². The molecule has 15 heavy (non-hydrogen) atoms. The van der Waals surface area contributed by atoms with Crippen molar-refractivity contribution in [3.8, 4) is 0 Å². The Morgan fingerprint density at radius 3 is 2.87 bits per heavy atom. The molecule has 3 unspecified atom stereocenters. The fourth-order valence-corrected chi connectivity index (χ4v) is 1.97. The van der Waals surface area contributed by atoms with Crippen LogP contribution in [0.2, 0.25) is 0 Å². The quantitative estimate of drug-likeness (QED) is 0.615. The summed E-state index contributed by atoms with van der Waals surface area (Å²) >= 11 is 0. The van der Waals surface area contributed by atoms with E-state index in [0.29, 0.717) is 12.5 Å². The van der Waals surface area contributed by atoms with Crippen LogP contribution in [0, 0.1) is 5.92 Å². The summed E-state index contributed by atoms with van der Waals surface area (Å²) in [7, 11) is 0. The molecule has 0 saturated carbocycles. The number of aliphatic hydroxyl groups excluding tert-OH is 1. The first-order valence-corrected chi connectivity index (χ1v) is 5.78. The van der Waals surface area contributed by atoms with Gasteiger partial charge in [0.05, 0.1) is 12.1 Å². The van der Waals surface area contributed by atoms with Crippen molar-refractivity contribution in [1.29, 1.82) is 0 Å². The number of amides is 1. The van der Waals surface area contributed by atoms with Gasteiger partial charge in [0.25, 0.3) is 0 Å². The Hall–Kier alpha value is -0.610. The summed E-state index contributed by atoms with van der Waals surface area (Å²) in [5.41, 5.74) is 0. The number of hydrogen-bond donors (Lipinski definition) is 3. The SMILES string of the molecule is CC(O)CC(C)CNC(=O)C1CCCN1. The first-order valence-electron chi connectivity index (χ1n) is 5.78. The first kappa shape index (κ1) is 12.5. The molecule has 1 aliphatic heterocycles. The van der Waals surface area contributed by atoms with Crippen molar-refractivity contribution < 1.29 is 9.90 Å². The minimum absolute atomic E-state index is 0.00347. The third-order valence-corrected chi connectivity index (χ3v) is 2.75. The van der Waals surface area contributed by atoms with E-state index < -0.39 is 0 Å². The molecule has 1 saturated heterocycles. The average Bonchev–Trinajstić information content (AvgIpc) is 2.65. The van der Waals surface area contributed by atoms with Crippen LogP contribution in [-0.4, -0.2) is 36.2 Å². The van der Waals surface area contributed by atoms with E-state index in [9.17, 15) is 9.90 Å². The number of nitrogens with one attached hydrogen (secondary N) is 2. The summed E-state index contributed by atoms with van der Waals surface area (Å²) in [6, 6.07) is 0.00347. The highest BCUT2D eigenvalue weighted by atomic mass is 16.3. The van der Waals surface area contributed by atoms with Gasteiger partial charge in [0.2, 0.25) is 5.91 Å². The zero-order valence-corrected chi connectivity index (χ0v) is 9.62. The Labute approximate surface area is 91.4 Å². The molecular formula is C11H22N2O2. The molecular weight excluding hydrogens is 192 g/mol. The number of carbonyl (C=O) groups is 1. The highest BCUT2D eigenvalue weighted by Crippen LogP contribution is 2.06. The summed E-state index contributed by atoms with van der Waals surface area (Å²) in [5, 5.41) is 15.3. The summed E-state index contributed by atoms with van der Waals surface area (Å²) < 4.78 is 0. The number of aliphatic hydroxyl groups is 1. The number of hydrogen-bond acceptors (Lipinski definition) is 3. The van der Waals surface area contributed by atoms with E-state index in [1.807, 2.05) is 6.92 Å². The van der Waals surface area contributed by atoms with E-state index in [2.05, 4.69) is 10.6 Å². The minimum Gasteiger partial charge on any atom is -0.393 e. The van der Waals surface area contributed by atoms with Crippen molar-refractivity contribution in [2.75, 3.05) is 13.1 Å². The summed E-state index contributed by atoms with van der Waals surface area (Å²) in [6.07, 6.45) is 2.47. The van der Waals surface area contributed by atoms with Crippen molar-refractivity contribution >= 4 is 5.91 Å². The largest absolute Gasteiger partial charge is 0.393 e. The van der Waals surface area contributed by atoms with Gasteiger partial charge in [-0.25, -0.2) is 0 Å². The van der Waals surface area contributed by atoms with Gasteiger partial charge in [-0.1, -0.05) is 6.92 Å². The van der Waals surface area contributed by atoms with Crippen LogP contribution in [0.1, 0.15) is 33.1 Å². The molecule has 1 heterocycles. The molecule has 1 fully saturated rings. The molecule has 0 bridgehead atoms. The second-order valence-electron chi connectivity index (χ2n) is 4.58. The van der Waals surface area contributed by atoms with Crippen LogP contribution < -0.4 is 10.6 Å². The highest BCUT2D eigenvalue weighted by Gasteiger charge is 2.21. The van der Waals surface area contributed by atoms with Crippen LogP contribution in [0.3, 0.4) is 0 Å². The van der Waals surface area contributed by atoms with Crippen LogP contribution >= 0.6 is 0 Å². The standard InChI is InChI=1S/C11H22N2O2/c1-8(6-9(2)14)7-13-11(15)10-4-3-5-12-10/h8-10,12,14H,3-7H2,1-2H3,(H,13,15). The highest BCUT2D eigenvalue weighted by molar-refractivity contribution is 5.81. The molecule has 0 spiro atoms. The average molecular weight is 214 g/mol. The van der Waals surface area contributed by atoms with Crippen LogP contribution in [0.5, 0.6) is 0 Å². The zero-order valence-electron chi connectivity index (χ0n) is 9.62. The lowest BCUT2D eigenvalue weighted by Gasteiger charge is -2.16. The molecule has 0 aromatic heterocycles. The third kappa shape index (κ3) is 4.62. The predicted molar refractivity (Wildman–Crippen MR) is 59.5 cm³/mol. The molecule has 1 amide bonds. The van der Waals surface area contributed by atoms with Gasteiger partial charge in [-0.3, -0.25) is 4.79 Å². The lowest BCUT2D eigenvalue weighted by atomic mass is 10.0. The summed E-state index contributed by atoms with van der Waals surface area (Å²) in [6.45, 7) is 5.41. The van der Waals surface area contributed by atoms with Gasteiger partial charge in [-0.05, 0) is 38.6 Å². The van der Waals surface area contributed by atoms with Crippen molar-refractivity contribution in [1.82, 2.24) is 10.6 Å². The maximum absolute atomic E-state index is 11.6. The molecule has 1 aliphatic rings. The van der Waals surface area contributed by atoms with E-state index in [1.165, 1.54) is 0 Å². The van der Waals surface area contributed by atoms with E-state index in [-0.39, 0.29) is 18.1 Å². The van der Waals surface area contributed by atoms with Gasteiger partial charge in [-0.15, -0.1) is 0 Å². The lowest BCUT2D eigenvalue weighted by Crippen LogP contribution is -2.42. The van der Waals surface area contributed by atoms with E-state index >= 15 is 0 Å². The molecule has 4 heteroatoms. The molecule has 0 aliphatic carbocycles. The van der Waals surface area contributed by atoms with Crippen LogP contribution in [0.25, 0.3) is 0 Å². The fraction of sp³-hybridized carbons (Fsp3) is 0.909. The fourth-order valence-electron chi connectivity index (χ4n) is 1.97. The van der Waals surface area contributed by atoms with Crippen LogP contribution in [-0.2, 0) is 4.79 Å². The smallest absolute Gasteiger partial charge is 0.237 e. The maximum Gasteiger partial charge on any atom is 0.237 e. The molecule has 3 N–H and O–H groups in total. The van der Waals surface area contributed by atoms with E-state index in [1.54, 1.807) is 6.92 Å². The van der Waals surface area contributed by atoms with Crippen molar-refractivity contribution in [2.45, 2.75) is 45.3 Å². The second kappa shape index (κ2) is 6.08. The van der Waals surface area contributed by atoms with Crippen molar-refractivity contribution in [3.63, 3.8) is 0 Å². The molecule has 3 atom stereocenters. The molecule has 0 aromatic carbocycles. The van der Waals surface area contributed by atoms with Crippen LogP contribution in [0.4, 0.5) is 0 Å².